The van der Waals surface area contributed by atoms with Crippen molar-refractivity contribution in [1.29, 1.82) is 0 Å². The molecule has 0 aromatic heterocycles. The summed E-state index contributed by atoms with van der Waals surface area (Å²) in [5.41, 5.74) is -0.255. The van der Waals surface area contributed by atoms with E-state index in [1.165, 1.54) is 0 Å². The Morgan fingerprint density at radius 2 is 2.07 bits per heavy atom. The molecule has 0 saturated heterocycles. The summed E-state index contributed by atoms with van der Waals surface area (Å²) in [7, 11) is 0. The number of nitrogens with one attached hydrogen (secondary N) is 1. The van der Waals surface area contributed by atoms with E-state index in [9.17, 15) is 4.79 Å². The summed E-state index contributed by atoms with van der Waals surface area (Å²) in [5, 5.41) is 2.83. The van der Waals surface area contributed by atoms with Gasteiger partial charge in [-0.25, -0.2) is 0 Å². The molecule has 1 N–H and O–H groups in total. The topological polar surface area (TPSA) is 38.3 Å². The summed E-state index contributed by atoms with van der Waals surface area (Å²) in [6, 6.07) is 0. The number of amides is 1. The van der Waals surface area contributed by atoms with Crippen LogP contribution < -0.4 is 5.32 Å². The van der Waals surface area contributed by atoms with Gasteiger partial charge in [0.25, 0.3) is 0 Å². The highest BCUT2D eigenvalue weighted by Gasteiger charge is 2.13. The van der Waals surface area contributed by atoms with Gasteiger partial charge in [0.15, 0.2) is 0 Å². The molecular formula is C11H22BrNO2. The molecule has 1 atom stereocenters. The van der Waals surface area contributed by atoms with Crippen molar-refractivity contribution < 1.29 is 9.53 Å². The number of hydrogen-bond acceptors (Lipinski definition) is 2. The lowest BCUT2D eigenvalue weighted by Crippen LogP contribution is -2.35. The summed E-state index contributed by atoms with van der Waals surface area (Å²) in [4.78, 5) is 11.7. The number of carbonyl (C=O) groups excluding carboxylic acids is 1. The molecule has 0 aliphatic carbocycles. The largest absolute Gasteiger partial charge is 0.366 e. The molecule has 0 aromatic rings. The van der Waals surface area contributed by atoms with Gasteiger partial charge in [0, 0.05) is 11.4 Å². The summed E-state index contributed by atoms with van der Waals surface area (Å²) >= 11 is 3.50. The highest BCUT2D eigenvalue weighted by molar-refractivity contribution is 9.09. The van der Waals surface area contributed by atoms with Gasteiger partial charge in [-0.3, -0.25) is 4.79 Å². The highest BCUT2D eigenvalue weighted by atomic mass is 79.9. The molecule has 0 bridgehead atoms. The smallest absolute Gasteiger partial charge is 0.246 e. The van der Waals surface area contributed by atoms with Crippen LogP contribution in [0.3, 0.4) is 0 Å². The van der Waals surface area contributed by atoms with Crippen LogP contribution >= 0.6 is 15.9 Å². The quantitative estimate of drug-likeness (QED) is 0.759. The van der Waals surface area contributed by atoms with Gasteiger partial charge in [-0.2, -0.15) is 0 Å². The molecule has 1 amide bonds. The molecule has 1 unspecified atom stereocenters. The second-order valence-corrected chi connectivity index (χ2v) is 5.89. The van der Waals surface area contributed by atoms with Crippen molar-refractivity contribution in [1.82, 2.24) is 5.32 Å². The third-order valence-corrected chi connectivity index (χ3v) is 2.54. The number of alkyl halides is 1. The molecule has 90 valence electrons. The Bertz CT molecular complexity index is 190. The van der Waals surface area contributed by atoms with Crippen molar-refractivity contribution in [2.75, 3.05) is 13.2 Å². The van der Waals surface area contributed by atoms with Crippen molar-refractivity contribution in [2.45, 2.75) is 51.0 Å². The second kappa shape index (κ2) is 7.23. The Morgan fingerprint density at radius 1 is 1.47 bits per heavy atom. The molecule has 0 aliphatic heterocycles. The Labute approximate surface area is 101 Å². The minimum absolute atomic E-state index is 0.0505. The molecule has 0 rings (SSSR count). The SMILES string of the molecule is CCCC(Br)CNC(=O)COC(C)(C)C. The van der Waals surface area contributed by atoms with E-state index in [1.54, 1.807) is 0 Å². The minimum atomic E-state index is -0.255. The molecule has 4 heteroatoms. The van der Waals surface area contributed by atoms with Gasteiger partial charge < -0.3 is 10.1 Å². The van der Waals surface area contributed by atoms with Crippen LogP contribution in [0.25, 0.3) is 0 Å². The van der Waals surface area contributed by atoms with Crippen molar-refractivity contribution in [3.05, 3.63) is 0 Å². The maximum Gasteiger partial charge on any atom is 0.246 e. The second-order valence-electron chi connectivity index (χ2n) is 4.59. The van der Waals surface area contributed by atoms with Gasteiger partial charge in [0.1, 0.15) is 6.61 Å². The number of rotatable bonds is 6. The van der Waals surface area contributed by atoms with E-state index in [0.29, 0.717) is 11.4 Å². The molecule has 0 spiro atoms. The Kier molecular flexibility index (Phi) is 7.18. The summed E-state index contributed by atoms with van der Waals surface area (Å²) < 4.78 is 5.36. The average Bonchev–Trinajstić information content (AvgIpc) is 2.11. The highest BCUT2D eigenvalue weighted by Crippen LogP contribution is 2.07. The summed E-state index contributed by atoms with van der Waals surface area (Å²) in [6.07, 6.45) is 2.19. The first-order valence-corrected chi connectivity index (χ1v) is 6.31. The number of ether oxygens (including phenoxy) is 1. The van der Waals surface area contributed by atoms with Crippen LogP contribution in [-0.4, -0.2) is 29.5 Å². The fraction of sp³-hybridized carbons (Fsp3) is 0.909. The van der Waals surface area contributed by atoms with E-state index in [0.717, 1.165) is 12.8 Å². The van der Waals surface area contributed by atoms with E-state index in [2.05, 4.69) is 28.2 Å². The first-order chi connectivity index (χ1) is 6.85. The van der Waals surface area contributed by atoms with Crippen LogP contribution in [-0.2, 0) is 9.53 Å². The Hall–Kier alpha value is -0.0900. The van der Waals surface area contributed by atoms with Crippen LogP contribution in [0.2, 0.25) is 0 Å². The van der Waals surface area contributed by atoms with E-state index in [4.69, 9.17) is 4.74 Å². The first kappa shape index (κ1) is 14.9. The van der Waals surface area contributed by atoms with Crippen molar-refractivity contribution in [3.63, 3.8) is 0 Å². The van der Waals surface area contributed by atoms with Crippen LogP contribution in [0.4, 0.5) is 0 Å². The van der Waals surface area contributed by atoms with Gasteiger partial charge in [0.2, 0.25) is 5.91 Å². The van der Waals surface area contributed by atoms with E-state index in [1.807, 2.05) is 20.8 Å². The zero-order valence-electron chi connectivity index (χ0n) is 10.1. The third kappa shape index (κ3) is 10.2. The summed E-state index contributed by atoms with van der Waals surface area (Å²) in [6.45, 7) is 8.73. The predicted molar refractivity (Wildman–Crippen MR) is 66.3 cm³/mol. The number of carbonyl (C=O) groups is 1. The normalized spacial score (nSPS) is 13.7. The molecular weight excluding hydrogens is 258 g/mol. The predicted octanol–water partition coefficient (Wildman–Crippen LogP) is 2.48. The molecule has 0 radical (unpaired) electrons. The number of hydrogen-bond donors (Lipinski definition) is 1. The Balaban J connectivity index is 3.58. The lowest BCUT2D eigenvalue weighted by molar-refractivity contribution is -0.130. The zero-order valence-corrected chi connectivity index (χ0v) is 11.7. The van der Waals surface area contributed by atoms with Gasteiger partial charge in [-0.1, -0.05) is 29.3 Å². The molecule has 0 aliphatic rings. The van der Waals surface area contributed by atoms with Crippen molar-refractivity contribution >= 4 is 21.8 Å². The minimum Gasteiger partial charge on any atom is -0.366 e. The van der Waals surface area contributed by atoms with E-state index < -0.39 is 0 Å². The lowest BCUT2D eigenvalue weighted by Gasteiger charge is -2.19. The van der Waals surface area contributed by atoms with Crippen molar-refractivity contribution in [2.24, 2.45) is 0 Å². The third-order valence-electron chi connectivity index (χ3n) is 1.76. The molecule has 0 heterocycles. The average molecular weight is 280 g/mol. The molecule has 0 saturated carbocycles. The monoisotopic (exact) mass is 279 g/mol. The first-order valence-electron chi connectivity index (χ1n) is 5.40. The number of halogens is 1. The van der Waals surface area contributed by atoms with Crippen molar-refractivity contribution in [3.8, 4) is 0 Å². The maximum atomic E-state index is 11.3. The van der Waals surface area contributed by atoms with Gasteiger partial charge in [0.05, 0.1) is 5.60 Å². The fourth-order valence-electron chi connectivity index (χ4n) is 0.973. The molecule has 15 heavy (non-hydrogen) atoms. The Morgan fingerprint density at radius 3 is 2.53 bits per heavy atom. The van der Waals surface area contributed by atoms with Crippen LogP contribution in [0.15, 0.2) is 0 Å². The standard InChI is InChI=1S/C11H22BrNO2/c1-5-6-9(12)7-13-10(14)8-15-11(2,3)4/h9H,5-8H2,1-4H3,(H,13,14). The van der Waals surface area contributed by atoms with E-state index in [-0.39, 0.29) is 18.1 Å². The van der Waals surface area contributed by atoms with Crippen LogP contribution in [0.1, 0.15) is 40.5 Å². The summed E-state index contributed by atoms with van der Waals surface area (Å²) in [5.74, 6) is -0.0505. The maximum absolute atomic E-state index is 11.3. The van der Waals surface area contributed by atoms with Gasteiger partial charge in [-0.05, 0) is 27.2 Å². The fourth-order valence-corrected chi connectivity index (χ4v) is 1.59. The van der Waals surface area contributed by atoms with E-state index >= 15 is 0 Å². The zero-order chi connectivity index (χ0) is 11.9. The molecule has 0 aromatic carbocycles. The molecule has 3 nitrogen and oxygen atoms in total. The van der Waals surface area contributed by atoms with Crippen LogP contribution in [0, 0.1) is 0 Å². The molecule has 0 fully saturated rings. The van der Waals surface area contributed by atoms with Crippen LogP contribution in [0.5, 0.6) is 0 Å². The lowest BCUT2D eigenvalue weighted by atomic mass is 10.2. The van der Waals surface area contributed by atoms with Gasteiger partial charge >= 0.3 is 0 Å². The van der Waals surface area contributed by atoms with Gasteiger partial charge in [-0.15, -0.1) is 0 Å².